The maximum absolute atomic E-state index is 13.0. The van der Waals surface area contributed by atoms with Crippen molar-refractivity contribution in [1.29, 1.82) is 0 Å². The van der Waals surface area contributed by atoms with Crippen molar-refractivity contribution in [3.63, 3.8) is 0 Å². The van der Waals surface area contributed by atoms with Gasteiger partial charge in [-0.2, -0.15) is 13.2 Å². The van der Waals surface area contributed by atoms with E-state index in [4.69, 9.17) is 11.6 Å². The molecule has 162 valence electrons. The highest BCUT2D eigenvalue weighted by Gasteiger charge is 2.33. The molecule has 0 aliphatic carbocycles. The molecule has 2 N–H and O–H groups in total. The van der Waals surface area contributed by atoms with Crippen LogP contribution >= 0.6 is 23.4 Å². The summed E-state index contributed by atoms with van der Waals surface area (Å²) in [5.41, 5.74) is 0.362. The Morgan fingerprint density at radius 2 is 1.56 bits per heavy atom. The number of para-hydroxylation sites is 1. The molecule has 1 heterocycles. The van der Waals surface area contributed by atoms with Crippen molar-refractivity contribution >= 4 is 51.7 Å². The second kappa shape index (κ2) is 9.10. The summed E-state index contributed by atoms with van der Waals surface area (Å²) >= 11 is 7.07. The average Bonchev–Trinajstić information content (AvgIpc) is 2.75. The number of benzene rings is 3. The highest BCUT2D eigenvalue weighted by atomic mass is 35.5. The molecule has 0 unspecified atom stereocenters. The van der Waals surface area contributed by atoms with Gasteiger partial charge in [-0.1, -0.05) is 47.6 Å². The first kappa shape index (κ1) is 22.0. The normalized spacial score (nSPS) is 11.4. The van der Waals surface area contributed by atoms with Crippen molar-refractivity contribution in [3.8, 4) is 0 Å². The third-order valence-electron chi connectivity index (χ3n) is 4.44. The minimum Gasteiger partial charge on any atom is -0.308 e. The summed E-state index contributed by atoms with van der Waals surface area (Å²) in [5.74, 6) is 0. The molecule has 0 aliphatic heterocycles. The number of nitrogens with zero attached hydrogens (tertiary/aromatic N) is 1. The molecule has 0 saturated heterocycles. The number of fused-ring (bicyclic) bond motifs is 1. The van der Waals surface area contributed by atoms with Gasteiger partial charge < -0.3 is 10.6 Å². The van der Waals surface area contributed by atoms with Crippen LogP contribution in [-0.2, 0) is 6.18 Å². The number of urea groups is 1. The third kappa shape index (κ3) is 5.33. The molecule has 0 aliphatic rings. The predicted molar refractivity (Wildman–Crippen MR) is 121 cm³/mol. The van der Waals surface area contributed by atoms with Crippen LogP contribution in [0.5, 0.6) is 0 Å². The molecule has 0 saturated carbocycles. The number of carbonyl (C=O) groups is 1. The molecule has 4 aromatic rings. The highest BCUT2D eigenvalue weighted by molar-refractivity contribution is 7.99. The van der Waals surface area contributed by atoms with Crippen LogP contribution in [0, 0.1) is 0 Å². The van der Waals surface area contributed by atoms with Gasteiger partial charge in [0.05, 0.1) is 16.1 Å². The molecule has 0 fully saturated rings. The van der Waals surface area contributed by atoms with Gasteiger partial charge in [0.2, 0.25) is 0 Å². The summed E-state index contributed by atoms with van der Waals surface area (Å²) in [6, 6.07) is 21.3. The molecule has 1 aromatic heterocycles. The number of hydrogen-bond acceptors (Lipinski definition) is 3. The fourth-order valence-electron chi connectivity index (χ4n) is 2.94. The Hall–Kier alpha value is -3.23. The van der Waals surface area contributed by atoms with Gasteiger partial charge in [-0.25, -0.2) is 9.78 Å². The van der Waals surface area contributed by atoms with Crippen LogP contribution in [-0.4, -0.2) is 11.0 Å². The van der Waals surface area contributed by atoms with Gasteiger partial charge >= 0.3 is 12.2 Å². The van der Waals surface area contributed by atoms with E-state index < -0.39 is 22.8 Å². The Kier molecular flexibility index (Phi) is 6.25. The lowest BCUT2D eigenvalue weighted by Gasteiger charge is -2.12. The predicted octanol–water partition coefficient (Wildman–Crippen LogP) is 7.70. The Balaban J connectivity index is 1.39. The van der Waals surface area contributed by atoms with Crippen LogP contribution in [0.2, 0.25) is 5.02 Å². The van der Waals surface area contributed by atoms with Crippen molar-refractivity contribution in [3.05, 3.63) is 89.4 Å². The van der Waals surface area contributed by atoms with Crippen LogP contribution in [0.4, 0.5) is 29.3 Å². The maximum atomic E-state index is 13.0. The van der Waals surface area contributed by atoms with Crippen LogP contribution in [0.15, 0.2) is 88.8 Å². The quantitative estimate of drug-likeness (QED) is 0.319. The molecule has 2 amide bonds. The van der Waals surface area contributed by atoms with Crippen LogP contribution in [0.1, 0.15) is 5.56 Å². The standard InChI is InChI=1S/C23H15ClF3N3OS/c24-19-11-8-16(13-18(19)23(25,26)27)29-22(31)28-15-6-9-17(10-7-15)32-21-12-5-14-3-1-2-4-20(14)30-21/h1-13H,(H2,28,29,31). The largest absolute Gasteiger partial charge is 0.417 e. The zero-order chi connectivity index (χ0) is 22.7. The van der Waals surface area contributed by atoms with Gasteiger partial charge in [-0.3, -0.25) is 0 Å². The summed E-state index contributed by atoms with van der Waals surface area (Å²) in [7, 11) is 0. The Morgan fingerprint density at radius 3 is 2.31 bits per heavy atom. The first-order valence-electron chi connectivity index (χ1n) is 9.36. The average molecular weight is 474 g/mol. The van der Waals surface area contributed by atoms with E-state index in [9.17, 15) is 18.0 Å². The number of hydrogen-bond donors (Lipinski definition) is 2. The molecule has 4 nitrogen and oxygen atoms in total. The van der Waals surface area contributed by atoms with E-state index in [0.717, 1.165) is 33.0 Å². The van der Waals surface area contributed by atoms with Crippen molar-refractivity contribution in [1.82, 2.24) is 4.98 Å². The molecular weight excluding hydrogens is 459 g/mol. The minimum absolute atomic E-state index is 0.0196. The molecule has 4 rings (SSSR count). The third-order valence-corrected chi connectivity index (χ3v) is 5.71. The Morgan fingerprint density at radius 1 is 0.875 bits per heavy atom. The number of halogens is 4. The molecule has 0 atom stereocenters. The van der Waals surface area contributed by atoms with Gasteiger partial charge in [-0.05, 0) is 54.6 Å². The van der Waals surface area contributed by atoms with Gasteiger partial charge in [-0.15, -0.1) is 0 Å². The number of aromatic nitrogens is 1. The number of anilines is 2. The molecular formula is C23H15ClF3N3OS. The molecule has 0 spiro atoms. The summed E-state index contributed by atoms with van der Waals surface area (Å²) in [4.78, 5) is 17.7. The lowest BCUT2D eigenvalue weighted by atomic mass is 10.2. The van der Waals surface area contributed by atoms with Gasteiger partial charge in [0.1, 0.15) is 5.03 Å². The molecule has 32 heavy (non-hydrogen) atoms. The number of nitrogens with one attached hydrogen (secondary N) is 2. The van der Waals surface area contributed by atoms with Crippen molar-refractivity contribution in [2.75, 3.05) is 10.6 Å². The van der Waals surface area contributed by atoms with E-state index in [-0.39, 0.29) is 5.69 Å². The van der Waals surface area contributed by atoms with Gasteiger partial charge in [0.25, 0.3) is 0 Å². The minimum atomic E-state index is -4.61. The molecule has 0 bridgehead atoms. The number of pyridine rings is 1. The fourth-order valence-corrected chi connectivity index (χ4v) is 3.96. The van der Waals surface area contributed by atoms with E-state index in [1.54, 1.807) is 12.1 Å². The van der Waals surface area contributed by atoms with Crippen molar-refractivity contribution in [2.45, 2.75) is 16.1 Å². The fraction of sp³-hybridized carbons (Fsp3) is 0.0435. The first-order valence-corrected chi connectivity index (χ1v) is 10.6. The topological polar surface area (TPSA) is 54.0 Å². The number of rotatable bonds is 4. The summed E-state index contributed by atoms with van der Waals surface area (Å²) in [6.45, 7) is 0. The number of carbonyl (C=O) groups excluding carboxylic acids is 1. The van der Waals surface area contributed by atoms with E-state index in [2.05, 4.69) is 15.6 Å². The van der Waals surface area contributed by atoms with Crippen LogP contribution in [0.3, 0.4) is 0 Å². The van der Waals surface area contributed by atoms with E-state index in [1.807, 2.05) is 48.5 Å². The molecule has 0 radical (unpaired) electrons. The van der Waals surface area contributed by atoms with E-state index >= 15 is 0 Å². The van der Waals surface area contributed by atoms with E-state index in [0.29, 0.717) is 5.69 Å². The maximum Gasteiger partial charge on any atom is 0.417 e. The number of alkyl halides is 3. The summed E-state index contributed by atoms with van der Waals surface area (Å²) in [6.07, 6.45) is -4.61. The van der Waals surface area contributed by atoms with Gasteiger partial charge in [0.15, 0.2) is 0 Å². The smallest absolute Gasteiger partial charge is 0.308 e. The summed E-state index contributed by atoms with van der Waals surface area (Å²) in [5, 5.41) is 6.43. The second-order valence-electron chi connectivity index (χ2n) is 6.74. The van der Waals surface area contributed by atoms with Crippen LogP contribution < -0.4 is 10.6 Å². The van der Waals surface area contributed by atoms with Crippen molar-refractivity contribution < 1.29 is 18.0 Å². The lowest BCUT2D eigenvalue weighted by molar-refractivity contribution is -0.137. The Labute approximate surface area is 190 Å². The van der Waals surface area contributed by atoms with Crippen molar-refractivity contribution in [2.24, 2.45) is 0 Å². The number of amides is 2. The van der Waals surface area contributed by atoms with Crippen LogP contribution in [0.25, 0.3) is 10.9 Å². The first-order chi connectivity index (χ1) is 15.3. The monoisotopic (exact) mass is 473 g/mol. The summed E-state index contributed by atoms with van der Waals surface area (Å²) < 4.78 is 38.9. The Bertz CT molecular complexity index is 1280. The van der Waals surface area contributed by atoms with E-state index in [1.165, 1.54) is 17.8 Å². The SMILES string of the molecule is O=C(Nc1ccc(Sc2ccc3ccccc3n2)cc1)Nc1ccc(Cl)c(C(F)(F)F)c1. The second-order valence-corrected chi connectivity index (χ2v) is 8.24. The van der Waals surface area contributed by atoms with Gasteiger partial charge in [0, 0.05) is 21.7 Å². The highest BCUT2D eigenvalue weighted by Crippen LogP contribution is 2.36. The molecule has 3 aromatic carbocycles. The lowest BCUT2D eigenvalue weighted by Crippen LogP contribution is -2.19. The molecule has 9 heteroatoms. The zero-order valence-electron chi connectivity index (χ0n) is 16.3. The zero-order valence-corrected chi connectivity index (χ0v) is 17.9.